The van der Waals surface area contributed by atoms with Gasteiger partial charge in [0, 0.05) is 0 Å². The maximum absolute atomic E-state index is 12.1. The molecule has 0 spiro atoms. The standard InChI is InChI=1S/C18H13ClN2O2/c19-15-8-4-5-9-16(15)21-18(23)14(12-20)17(22)11-10-13-6-2-1-3-7-13/h1-11,14H,(H,21,23)/b11-10+/t14-/m1/s1. The van der Waals surface area contributed by atoms with E-state index in [1.54, 1.807) is 36.4 Å². The molecule has 2 rings (SSSR count). The van der Waals surface area contributed by atoms with Gasteiger partial charge in [-0.15, -0.1) is 0 Å². The Morgan fingerprint density at radius 1 is 1.09 bits per heavy atom. The van der Waals surface area contributed by atoms with Crippen LogP contribution in [0.25, 0.3) is 6.08 Å². The lowest BCUT2D eigenvalue weighted by atomic mass is 10.0. The molecule has 5 heteroatoms. The predicted octanol–water partition coefficient (Wildman–Crippen LogP) is 3.70. The van der Waals surface area contributed by atoms with Crippen LogP contribution in [0.15, 0.2) is 60.7 Å². The average molecular weight is 325 g/mol. The number of rotatable bonds is 5. The normalized spacial score (nSPS) is 11.7. The van der Waals surface area contributed by atoms with Gasteiger partial charge in [0.25, 0.3) is 0 Å². The Labute approximate surface area is 139 Å². The van der Waals surface area contributed by atoms with E-state index in [2.05, 4.69) is 5.32 Å². The molecular formula is C18H13ClN2O2. The molecule has 0 saturated carbocycles. The number of anilines is 1. The summed E-state index contributed by atoms with van der Waals surface area (Å²) in [7, 11) is 0. The van der Waals surface area contributed by atoms with Crippen molar-refractivity contribution in [3.63, 3.8) is 0 Å². The Hall–Kier alpha value is -2.90. The van der Waals surface area contributed by atoms with Crippen LogP contribution in [0.4, 0.5) is 5.69 Å². The highest BCUT2D eigenvalue weighted by atomic mass is 35.5. The minimum Gasteiger partial charge on any atom is -0.323 e. The Bertz CT molecular complexity index is 779. The second kappa shape index (κ2) is 7.92. The zero-order valence-corrected chi connectivity index (χ0v) is 12.8. The number of carbonyl (C=O) groups is 2. The van der Waals surface area contributed by atoms with Crippen LogP contribution in [0.3, 0.4) is 0 Å². The zero-order chi connectivity index (χ0) is 16.7. The molecule has 0 aliphatic heterocycles. The number of halogens is 1. The summed E-state index contributed by atoms with van der Waals surface area (Å²) < 4.78 is 0. The smallest absolute Gasteiger partial charge is 0.249 e. The average Bonchev–Trinajstić information content (AvgIpc) is 2.57. The zero-order valence-electron chi connectivity index (χ0n) is 12.1. The van der Waals surface area contributed by atoms with Crippen LogP contribution in [-0.4, -0.2) is 11.7 Å². The number of nitrogens with one attached hydrogen (secondary N) is 1. The minimum atomic E-state index is -1.42. The van der Waals surface area contributed by atoms with Crippen molar-refractivity contribution < 1.29 is 9.59 Å². The predicted molar refractivity (Wildman–Crippen MR) is 89.7 cm³/mol. The number of allylic oxidation sites excluding steroid dienone is 1. The van der Waals surface area contributed by atoms with Crippen molar-refractivity contribution in [2.45, 2.75) is 0 Å². The summed E-state index contributed by atoms with van der Waals surface area (Å²) in [5.74, 6) is -2.71. The van der Waals surface area contributed by atoms with E-state index in [0.29, 0.717) is 10.7 Å². The second-order valence-corrected chi connectivity index (χ2v) is 5.08. The van der Waals surface area contributed by atoms with Crippen LogP contribution in [0, 0.1) is 17.2 Å². The highest BCUT2D eigenvalue weighted by Crippen LogP contribution is 2.21. The van der Waals surface area contributed by atoms with Crippen LogP contribution in [0.2, 0.25) is 5.02 Å². The first-order valence-corrected chi connectivity index (χ1v) is 7.21. The van der Waals surface area contributed by atoms with Gasteiger partial charge in [-0.1, -0.05) is 60.1 Å². The number of amides is 1. The molecule has 23 heavy (non-hydrogen) atoms. The Balaban J connectivity index is 2.08. The number of nitriles is 1. The fourth-order valence-electron chi connectivity index (χ4n) is 1.86. The molecule has 4 nitrogen and oxygen atoms in total. The third kappa shape index (κ3) is 4.53. The number of benzene rings is 2. The summed E-state index contributed by atoms with van der Waals surface area (Å²) in [6, 6.07) is 17.5. The van der Waals surface area contributed by atoms with E-state index in [0.717, 1.165) is 5.56 Å². The van der Waals surface area contributed by atoms with Gasteiger partial charge in [-0.05, 0) is 23.8 Å². The molecule has 0 bridgehead atoms. The van der Waals surface area contributed by atoms with Crippen LogP contribution in [0.1, 0.15) is 5.56 Å². The van der Waals surface area contributed by atoms with Gasteiger partial charge in [0.2, 0.25) is 5.91 Å². The molecule has 1 atom stereocenters. The van der Waals surface area contributed by atoms with E-state index in [1.165, 1.54) is 6.08 Å². The number of carbonyl (C=O) groups excluding carboxylic acids is 2. The molecule has 114 valence electrons. The molecule has 2 aromatic carbocycles. The molecule has 0 aliphatic carbocycles. The van der Waals surface area contributed by atoms with Gasteiger partial charge < -0.3 is 5.32 Å². The number of hydrogen-bond donors (Lipinski definition) is 1. The number of para-hydroxylation sites is 1. The lowest BCUT2D eigenvalue weighted by molar-refractivity contribution is -0.126. The van der Waals surface area contributed by atoms with E-state index in [-0.39, 0.29) is 0 Å². The van der Waals surface area contributed by atoms with Gasteiger partial charge in [0.05, 0.1) is 16.8 Å². The van der Waals surface area contributed by atoms with E-state index < -0.39 is 17.6 Å². The van der Waals surface area contributed by atoms with Crippen LogP contribution >= 0.6 is 11.6 Å². The Morgan fingerprint density at radius 3 is 2.39 bits per heavy atom. The third-order valence-electron chi connectivity index (χ3n) is 3.05. The van der Waals surface area contributed by atoms with Crippen LogP contribution < -0.4 is 5.32 Å². The third-order valence-corrected chi connectivity index (χ3v) is 3.38. The Kier molecular flexibility index (Phi) is 5.67. The van der Waals surface area contributed by atoms with Crippen molar-refractivity contribution in [3.05, 3.63) is 71.3 Å². The monoisotopic (exact) mass is 324 g/mol. The van der Waals surface area contributed by atoms with Crippen molar-refractivity contribution >= 4 is 35.1 Å². The van der Waals surface area contributed by atoms with Crippen molar-refractivity contribution in [3.8, 4) is 6.07 Å². The maximum Gasteiger partial charge on any atom is 0.249 e. The molecule has 0 aromatic heterocycles. The van der Waals surface area contributed by atoms with Gasteiger partial charge in [-0.2, -0.15) is 5.26 Å². The molecule has 0 fully saturated rings. The lowest BCUT2D eigenvalue weighted by Crippen LogP contribution is -2.27. The first-order chi connectivity index (χ1) is 11.1. The first kappa shape index (κ1) is 16.5. The number of hydrogen-bond acceptors (Lipinski definition) is 3. The lowest BCUT2D eigenvalue weighted by Gasteiger charge is -2.09. The fourth-order valence-corrected chi connectivity index (χ4v) is 2.04. The topological polar surface area (TPSA) is 70.0 Å². The Morgan fingerprint density at radius 2 is 1.74 bits per heavy atom. The molecule has 1 amide bonds. The van der Waals surface area contributed by atoms with Crippen molar-refractivity contribution in [1.29, 1.82) is 5.26 Å². The SMILES string of the molecule is N#C[C@H](C(=O)/C=C/c1ccccc1)C(=O)Nc1ccccc1Cl. The molecule has 1 N–H and O–H groups in total. The highest BCUT2D eigenvalue weighted by molar-refractivity contribution is 6.33. The molecule has 0 unspecified atom stereocenters. The van der Waals surface area contributed by atoms with Crippen molar-refractivity contribution in [2.24, 2.45) is 5.92 Å². The van der Waals surface area contributed by atoms with E-state index in [9.17, 15) is 9.59 Å². The van der Waals surface area contributed by atoms with E-state index in [4.69, 9.17) is 16.9 Å². The number of ketones is 1. The summed E-state index contributed by atoms with van der Waals surface area (Å²) in [6.45, 7) is 0. The van der Waals surface area contributed by atoms with E-state index >= 15 is 0 Å². The van der Waals surface area contributed by atoms with Gasteiger partial charge in [0.15, 0.2) is 11.7 Å². The van der Waals surface area contributed by atoms with Gasteiger partial charge in [-0.3, -0.25) is 9.59 Å². The van der Waals surface area contributed by atoms with Crippen LogP contribution in [0.5, 0.6) is 0 Å². The summed E-state index contributed by atoms with van der Waals surface area (Å²) in [5, 5.41) is 11.9. The summed E-state index contributed by atoms with van der Waals surface area (Å²) >= 11 is 5.94. The van der Waals surface area contributed by atoms with Crippen molar-refractivity contribution in [2.75, 3.05) is 5.32 Å². The molecule has 2 aromatic rings. The maximum atomic E-state index is 12.1. The summed E-state index contributed by atoms with van der Waals surface area (Å²) in [4.78, 5) is 24.2. The molecule has 0 aliphatic rings. The first-order valence-electron chi connectivity index (χ1n) is 6.84. The van der Waals surface area contributed by atoms with Gasteiger partial charge in [0.1, 0.15) is 0 Å². The van der Waals surface area contributed by atoms with Crippen molar-refractivity contribution in [1.82, 2.24) is 0 Å². The number of nitrogens with zero attached hydrogens (tertiary/aromatic N) is 1. The molecular weight excluding hydrogens is 312 g/mol. The molecule has 0 heterocycles. The quantitative estimate of drug-likeness (QED) is 0.673. The fraction of sp³-hybridized carbons (Fsp3) is 0.0556. The largest absolute Gasteiger partial charge is 0.323 e. The van der Waals surface area contributed by atoms with Crippen LogP contribution in [-0.2, 0) is 9.59 Å². The van der Waals surface area contributed by atoms with E-state index in [1.807, 2.05) is 30.3 Å². The second-order valence-electron chi connectivity index (χ2n) is 4.68. The summed E-state index contributed by atoms with van der Waals surface area (Å²) in [6.07, 6.45) is 2.80. The summed E-state index contributed by atoms with van der Waals surface area (Å²) in [5.41, 5.74) is 1.17. The van der Waals surface area contributed by atoms with Gasteiger partial charge in [-0.25, -0.2) is 0 Å². The van der Waals surface area contributed by atoms with Gasteiger partial charge >= 0.3 is 0 Å². The minimum absolute atomic E-state index is 0.338. The molecule has 0 radical (unpaired) electrons. The highest BCUT2D eigenvalue weighted by Gasteiger charge is 2.24. The molecule has 0 saturated heterocycles.